The Balaban J connectivity index is 1.94. The van der Waals surface area contributed by atoms with Gasteiger partial charge in [0, 0.05) is 22.3 Å². The molecule has 3 nitrogen and oxygen atoms in total. The van der Waals surface area contributed by atoms with Crippen molar-refractivity contribution in [2.24, 2.45) is 4.99 Å². The van der Waals surface area contributed by atoms with Gasteiger partial charge in [0.2, 0.25) is 0 Å². The number of hydrogen-bond donors (Lipinski definition) is 0. The van der Waals surface area contributed by atoms with Gasteiger partial charge >= 0.3 is 0 Å². The standard InChI is InChI=1S/C20H14ClN3S/c21-16-11-9-15(10-12-16)18-14-25-20(23-19-8-4-5-13-22-19)24(18)17-6-2-1-3-7-17/h1-14H. The lowest BCUT2D eigenvalue weighted by molar-refractivity contribution is 1.00. The summed E-state index contributed by atoms with van der Waals surface area (Å²) in [5.41, 5.74) is 3.22. The molecule has 0 N–H and O–H groups in total. The zero-order valence-corrected chi connectivity index (χ0v) is 14.8. The second-order valence-electron chi connectivity index (χ2n) is 5.38. The molecule has 0 amide bonds. The van der Waals surface area contributed by atoms with E-state index in [2.05, 4.69) is 27.1 Å². The average molecular weight is 364 g/mol. The summed E-state index contributed by atoms with van der Waals surface area (Å²) in [5, 5.41) is 2.83. The van der Waals surface area contributed by atoms with Crippen molar-refractivity contribution in [2.45, 2.75) is 0 Å². The first-order valence-electron chi connectivity index (χ1n) is 7.79. The van der Waals surface area contributed by atoms with E-state index in [9.17, 15) is 0 Å². The Bertz CT molecular complexity index is 1040. The zero-order chi connectivity index (χ0) is 17.1. The highest BCUT2D eigenvalue weighted by atomic mass is 35.5. The van der Waals surface area contributed by atoms with E-state index in [1.54, 1.807) is 17.5 Å². The van der Waals surface area contributed by atoms with Crippen LogP contribution in [0, 0.1) is 0 Å². The fourth-order valence-corrected chi connectivity index (χ4v) is 3.60. The molecule has 122 valence electrons. The van der Waals surface area contributed by atoms with Crippen LogP contribution in [0.5, 0.6) is 0 Å². The Labute approximate surface area is 154 Å². The monoisotopic (exact) mass is 363 g/mol. The summed E-state index contributed by atoms with van der Waals surface area (Å²) >= 11 is 7.63. The molecule has 2 aromatic carbocycles. The van der Waals surface area contributed by atoms with Crippen LogP contribution in [0.4, 0.5) is 5.82 Å². The predicted molar refractivity (Wildman–Crippen MR) is 104 cm³/mol. The van der Waals surface area contributed by atoms with Gasteiger partial charge < -0.3 is 0 Å². The first-order chi connectivity index (χ1) is 12.3. The van der Waals surface area contributed by atoms with Gasteiger partial charge in [0.25, 0.3) is 0 Å². The van der Waals surface area contributed by atoms with Crippen molar-refractivity contribution >= 4 is 28.8 Å². The van der Waals surface area contributed by atoms with E-state index in [0.717, 1.165) is 26.8 Å². The van der Waals surface area contributed by atoms with Crippen LogP contribution < -0.4 is 4.80 Å². The van der Waals surface area contributed by atoms with Crippen molar-refractivity contribution in [1.29, 1.82) is 0 Å². The van der Waals surface area contributed by atoms with Crippen molar-refractivity contribution in [3.05, 3.63) is 94.2 Å². The van der Waals surface area contributed by atoms with Crippen LogP contribution in [0.3, 0.4) is 0 Å². The summed E-state index contributed by atoms with van der Waals surface area (Å²) in [6.07, 6.45) is 1.75. The van der Waals surface area contributed by atoms with E-state index in [-0.39, 0.29) is 0 Å². The van der Waals surface area contributed by atoms with Crippen LogP contribution in [0.25, 0.3) is 16.9 Å². The molecule has 0 aliphatic heterocycles. The number of aromatic nitrogens is 2. The third-order valence-corrected chi connectivity index (χ3v) is 4.80. The number of pyridine rings is 1. The van der Waals surface area contributed by atoms with Crippen LogP contribution in [0.15, 0.2) is 89.4 Å². The van der Waals surface area contributed by atoms with Gasteiger partial charge in [-0.2, -0.15) is 0 Å². The minimum atomic E-state index is 0.691. The second-order valence-corrected chi connectivity index (χ2v) is 6.65. The van der Waals surface area contributed by atoms with E-state index in [0.29, 0.717) is 5.82 Å². The number of nitrogens with zero attached hydrogens (tertiary/aromatic N) is 3. The molecule has 0 radical (unpaired) electrons. The first-order valence-corrected chi connectivity index (χ1v) is 9.05. The molecule has 0 aliphatic carbocycles. The smallest absolute Gasteiger partial charge is 0.196 e. The van der Waals surface area contributed by atoms with Crippen molar-refractivity contribution < 1.29 is 0 Å². The Morgan fingerprint density at radius 2 is 1.64 bits per heavy atom. The number of benzene rings is 2. The maximum Gasteiger partial charge on any atom is 0.196 e. The number of hydrogen-bond acceptors (Lipinski definition) is 3. The third kappa shape index (κ3) is 3.40. The van der Waals surface area contributed by atoms with Crippen LogP contribution in [0.2, 0.25) is 5.02 Å². The van der Waals surface area contributed by atoms with E-state index in [4.69, 9.17) is 16.6 Å². The lowest BCUT2D eigenvalue weighted by Gasteiger charge is -2.09. The van der Waals surface area contributed by atoms with Gasteiger partial charge in [-0.3, -0.25) is 4.57 Å². The van der Waals surface area contributed by atoms with E-state index in [1.165, 1.54) is 0 Å². The molecule has 5 heteroatoms. The third-order valence-electron chi connectivity index (χ3n) is 3.72. The molecular formula is C20H14ClN3S. The SMILES string of the molecule is Clc1ccc(-c2csc(=Nc3ccccn3)n2-c2ccccc2)cc1. The van der Waals surface area contributed by atoms with Gasteiger partial charge in [-0.15, -0.1) is 11.3 Å². The molecule has 0 unspecified atom stereocenters. The Hall–Kier alpha value is -2.69. The van der Waals surface area contributed by atoms with Gasteiger partial charge in [-0.25, -0.2) is 9.98 Å². The Kier molecular flexibility index (Phi) is 4.46. The van der Waals surface area contributed by atoms with Crippen molar-refractivity contribution in [2.75, 3.05) is 0 Å². The van der Waals surface area contributed by atoms with Gasteiger partial charge in [-0.1, -0.05) is 48.0 Å². The van der Waals surface area contributed by atoms with Crippen LogP contribution >= 0.6 is 22.9 Å². The second kappa shape index (κ2) is 7.05. The summed E-state index contributed by atoms with van der Waals surface area (Å²) in [4.78, 5) is 9.91. The van der Waals surface area contributed by atoms with Crippen LogP contribution in [-0.2, 0) is 0 Å². The molecule has 4 aromatic rings. The molecule has 0 atom stereocenters. The molecule has 0 bridgehead atoms. The lowest BCUT2D eigenvalue weighted by Crippen LogP contribution is -2.13. The van der Waals surface area contributed by atoms with Crippen molar-refractivity contribution in [1.82, 2.24) is 9.55 Å². The molecule has 0 fully saturated rings. The number of para-hydroxylation sites is 1. The van der Waals surface area contributed by atoms with E-state index in [1.807, 2.05) is 60.7 Å². The van der Waals surface area contributed by atoms with Crippen molar-refractivity contribution in [3.8, 4) is 16.9 Å². The first kappa shape index (κ1) is 15.8. The average Bonchev–Trinajstić information content (AvgIpc) is 3.07. The zero-order valence-electron chi connectivity index (χ0n) is 13.2. The van der Waals surface area contributed by atoms with Gasteiger partial charge in [0.15, 0.2) is 10.6 Å². The maximum atomic E-state index is 6.04. The maximum absolute atomic E-state index is 6.04. The quantitative estimate of drug-likeness (QED) is 0.473. The molecule has 0 saturated carbocycles. The summed E-state index contributed by atoms with van der Waals surface area (Å²) in [7, 11) is 0. The number of rotatable bonds is 3. The Morgan fingerprint density at radius 1 is 0.880 bits per heavy atom. The topological polar surface area (TPSA) is 30.2 Å². The molecule has 2 aromatic heterocycles. The molecule has 25 heavy (non-hydrogen) atoms. The van der Waals surface area contributed by atoms with E-state index >= 15 is 0 Å². The van der Waals surface area contributed by atoms with Crippen LogP contribution in [0.1, 0.15) is 0 Å². The highest BCUT2D eigenvalue weighted by molar-refractivity contribution is 7.07. The predicted octanol–water partition coefficient (Wildman–Crippen LogP) is 5.49. The number of halogens is 1. The molecule has 0 aliphatic rings. The van der Waals surface area contributed by atoms with E-state index < -0.39 is 0 Å². The molecule has 4 rings (SSSR count). The van der Waals surface area contributed by atoms with Crippen molar-refractivity contribution in [3.63, 3.8) is 0 Å². The molecule has 2 heterocycles. The van der Waals surface area contributed by atoms with Gasteiger partial charge in [0.1, 0.15) is 0 Å². The van der Waals surface area contributed by atoms with Crippen LogP contribution in [-0.4, -0.2) is 9.55 Å². The minimum absolute atomic E-state index is 0.691. The summed E-state index contributed by atoms with van der Waals surface area (Å²) < 4.78 is 2.14. The fraction of sp³-hybridized carbons (Fsp3) is 0. The summed E-state index contributed by atoms with van der Waals surface area (Å²) in [5.74, 6) is 0.691. The normalized spacial score (nSPS) is 11.6. The fourth-order valence-electron chi connectivity index (χ4n) is 2.56. The number of thiazole rings is 1. The molecular weight excluding hydrogens is 350 g/mol. The van der Waals surface area contributed by atoms with Gasteiger partial charge in [-0.05, 0) is 42.0 Å². The Morgan fingerprint density at radius 3 is 2.36 bits per heavy atom. The molecule has 0 spiro atoms. The highest BCUT2D eigenvalue weighted by Gasteiger charge is 2.10. The summed E-state index contributed by atoms with van der Waals surface area (Å²) in [6.45, 7) is 0. The van der Waals surface area contributed by atoms with Gasteiger partial charge in [0.05, 0.1) is 5.69 Å². The largest absolute Gasteiger partial charge is 0.285 e. The minimum Gasteiger partial charge on any atom is -0.285 e. The molecule has 0 saturated heterocycles. The summed E-state index contributed by atoms with van der Waals surface area (Å²) in [6, 6.07) is 23.8. The lowest BCUT2D eigenvalue weighted by atomic mass is 10.1. The highest BCUT2D eigenvalue weighted by Crippen LogP contribution is 2.25.